The molecule has 6 atom stereocenters. The number of allylic oxidation sites excluding steroid dienone is 8. The molecule has 0 bridgehead atoms. The maximum absolute atomic E-state index is 6.68. The van der Waals surface area contributed by atoms with E-state index >= 15 is 0 Å². The fraction of sp³-hybridized carbons (Fsp3) is 0.333. The standard InChI is InChI=1S/C30H29NO/c1-2-8-20(9-3-1)21-14-16-22(17-15-21)31-26-12-6-4-11-25(26)29-27(31)19-18-24-23-10-5-7-13-28(23)32-30(24)29/h1-6,8,10-12,14-16,18-20,22-23,27-29H,7,9,13,17H2. The third-order valence-electron chi connectivity index (χ3n) is 8.12. The number of ether oxygens (including phenoxy) is 1. The van der Waals surface area contributed by atoms with Crippen molar-refractivity contribution in [2.24, 2.45) is 11.8 Å². The van der Waals surface area contributed by atoms with Gasteiger partial charge in [-0.25, -0.2) is 0 Å². The highest BCUT2D eigenvalue weighted by atomic mass is 16.5. The van der Waals surface area contributed by atoms with Crippen molar-refractivity contribution in [3.63, 3.8) is 0 Å². The minimum absolute atomic E-state index is 0.315. The number of fused-ring (bicyclic) bond motifs is 6. The summed E-state index contributed by atoms with van der Waals surface area (Å²) >= 11 is 0. The van der Waals surface area contributed by atoms with Crippen LogP contribution in [-0.2, 0) is 4.74 Å². The smallest absolute Gasteiger partial charge is 0.110 e. The molecule has 0 spiro atoms. The Bertz CT molecular complexity index is 1160. The lowest BCUT2D eigenvalue weighted by Gasteiger charge is -2.37. The van der Waals surface area contributed by atoms with E-state index < -0.39 is 0 Å². The first-order valence-electron chi connectivity index (χ1n) is 12.2. The first kappa shape index (κ1) is 18.6. The molecule has 0 N–H and O–H groups in total. The van der Waals surface area contributed by atoms with Crippen LogP contribution >= 0.6 is 0 Å². The molecular formula is C30H29NO. The lowest BCUT2D eigenvalue weighted by Crippen LogP contribution is -2.42. The highest BCUT2D eigenvalue weighted by molar-refractivity contribution is 5.69. The molecular weight excluding hydrogens is 390 g/mol. The van der Waals surface area contributed by atoms with Crippen LogP contribution in [0.4, 0.5) is 5.69 Å². The van der Waals surface area contributed by atoms with E-state index in [-0.39, 0.29) is 0 Å². The summed E-state index contributed by atoms with van der Waals surface area (Å²) in [5.41, 5.74) is 5.69. The monoisotopic (exact) mass is 419 g/mol. The maximum Gasteiger partial charge on any atom is 0.110 e. The number of hydrogen-bond acceptors (Lipinski definition) is 2. The van der Waals surface area contributed by atoms with E-state index in [4.69, 9.17) is 4.74 Å². The van der Waals surface area contributed by atoms with Gasteiger partial charge in [-0.2, -0.15) is 0 Å². The lowest BCUT2D eigenvalue weighted by molar-refractivity contribution is 0.102. The fourth-order valence-corrected chi connectivity index (χ4v) is 6.61. The summed E-state index contributed by atoms with van der Waals surface area (Å²) in [5.74, 6) is 2.52. The maximum atomic E-state index is 6.68. The highest BCUT2D eigenvalue weighted by Gasteiger charge is 2.49. The second-order valence-corrected chi connectivity index (χ2v) is 9.82. The van der Waals surface area contributed by atoms with Crippen molar-refractivity contribution in [3.05, 3.63) is 114 Å². The van der Waals surface area contributed by atoms with Gasteiger partial charge in [0.2, 0.25) is 0 Å². The number of para-hydroxylation sites is 1. The zero-order valence-corrected chi connectivity index (χ0v) is 18.3. The Labute approximate surface area is 190 Å². The Hall–Kier alpha value is -3.00. The van der Waals surface area contributed by atoms with Gasteiger partial charge in [0.05, 0.1) is 18.0 Å². The van der Waals surface area contributed by atoms with Crippen molar-refractivity contribution in [1.82, 2.24) is 0 Å². The van der Waals surface area contributed by atoms with Crippen molar-refractivity contribution in [2.45, 2.75) is 49.8 Å². The Balaban J connectivity index is 1.21. The zero-order chi connectivity index (χ0) is 21.1. The third kappa shape index (κ3) is 2.71. The molecule has 32 heavy (non-hydrogen) atoms. The van der Waals surface area contributed by atoms with Gasteiger partial charge in [-0.05, 0) is 42.9 Å². The van der Waals surface area contributed by atoms with E-state index in [1.165, 1.54) is 28.2 Å². The van der Waals surface area contributed by atoms with Gasteiger partial charge in [0, 0.05) is 23.1 Å². The van der Waals surface area contributed by atoms with E-state index in [2.05, 4.69) is 96.0 Å². The summed E-state index contributed by atoms with van der Waals surface area (Å²) in [6, 6.07) is 9.73. The Morgan fingerprint density at radius 3 is 2.75 bits per heavy atom. The van der Waals surface area contributed by atoms with Gasteiger partial charge in [-0.1, -0.05) is 85.0 Å². The molecule has 6 unspecified atom stereocenters. The van der Waals surface area contributed by atoms with Gasteiger partial charge in [-0.15, -0.1) is 0 Å². The van der Waals surface area contributed by atoms with Crippen LogP contribution in [0.25, 0.3) is 0 Å². The van der Waals surface area contributed by atoms with Gasteiger partial charge in [-0.3, -0.25) is 0 Å². The highest BCUT2D eigenvalue weighted by Crippen LogP contribution is 2.54. The van der Waals surface area contributed by atoms with Crippen molar-refractivity contribution in [1.29, 1.82) is 0 Å². The summed E-state index contributed by atoms with van der Waals surface area (Å²) in [7, 11) is 0. The van der Waals surface area contributed by atoms with E-state index in [1.807, 2.05) is 0 Å². The predicted molar refractivity (Wildman–Crippen MR) is 130 cm³/mol. The summed E-state index contributed by atoms with van der Waals surface area (Å²) in [6.45, 7) is 0. The van der Waals surface area contributed by atoms with Crippen LogP contribution in [0.15, 0.2) is 108 Å². The molecule has 0 radical (unpaired) electrons. The van der Waals surface area contributed by atoms with Crippen LogP contribution < -0.4 is 4.90 Å². The van der Waals surface area contributed by atoms with Crippen LogP contribution in [0.1, 0.15) is 37.2 Å². The predicted octanol–water partition coefficient (Wildman–Crippen LogP) is 6.53. The van der Waals surface area contributed by atoms with E-state index in [0.717, 1.165) is 25.7 Å². The average Bonchev–Trinajstić information content (AvgIpc) is 3.40. The van der Waals surface area contributed by atoms with Gasteiger partial charge < -0.3 is 9.64 Å². The van der Waals surface area contributed by atoms with Crippen molar-refractivity contribution >= 4 is 5.69 Å². The molecule has 1 aromatic rings. The molecule has 4 aliphatic carbocycles. The first-order valence-corrected chi connectivity index (χ1v) is 12.2. The molecule has 0 saturated carbocycles. The molecule has 2 heteroatoms. The Kier molecular flexibility index (Phi) is 4.21. The molecule has 1 aromatic carbocycles. The molecule has 0 amide bonds. The first-order chi connectivity index (χ1) is 15.9. The molecule has 0 saturated heterocycles. The van der Waals surface area contributed by atoms with E-state index in [1.54, 1.807) is 0 Å². The number of nitrogens with zero attached hydrogens (tertiary/aromatic N) is 1. The van der Waals surface area contributed by atoms with Gasteiger partial charge in [0.25, 0.3) is 0 Å². The quantitative estimate of drug-likeness (QED) is 0.505. The van der Waals surface area contributed by atoms with Gasteiger partial charge >= 0.3 is 0 Å². The summed E-state index contributed by atoms with van der Waals surface area (Å²) < 4.78 is 6.68. The van der Waals surface area contributed by atoms with E-state index in [0.29, 0.717) is 35.9 Å². The molecule has 0 fully saturated rings. The molecule has 0 aromatic heterocycles. The van der Waals surface area contributed by atoms with Crippen molar-refractivity contribution in [3.8, 4) is 0 Å². The lowest BCUT2D eigenvalue weighted by atomic mass is 9.81. The van der Waals surface area contributed by atoms with Crippen molar-refractivity contribution < 1.29 is 4.74 Å². The minimum Gasteiger partial charge on any atom is -0.493 e. The zero-order valence-electron chi connectivity index (χ0n) is 18.3. The second-order valence-electron chi connectivity index (χ2n) is 9.82. The summed E-state index contributed by atoms with van der Waals surface area (Å²) in [5, 5.41) is 0. The molecule has 7 rings (SSSR count). The molecule has 2 nitrogen and oxygen atoms in total. The van der Waals surface area contributed by atoms with E-state index in [9.17, 15) is 0 Å². The largest absolute Gasteiger partial charge is 0.493 e. The third-order valence-corrected chi connectivity index (χ3v) is 8.12. The topological polar surface area (TPSA) is 12.5 Å². The summed E-state index contributed by atoms with van der Waals surface area (Å²) in [6.07, 6.45) is 30.6. The SMILES string of the molecule is C1=CCC(C2=CCC(N3c4ccccc4C4C5=C(C=CC43)C3C=CCCC3O5)C=C2)C=C1. The van der Waals surface area contributed by atoms with Gasteiger partial charge in [0.1, 0.15) is 11.9 Å². The normalized spacial score (nSPS) is 35.9. The van der Waals surface area contributed by atoms with Gasteiger partial charge in [0.15, 0.2) is 0 Å². The molecule has 2 heterocycles. The molecule has 160 valence electrons. The number of hydrogen-bond donors (Lipinski definition) is 0. The van der Waals surface area contributed by atoms with Crippen LogP contribution in [0, 0.1) is 11.8 Å². The number of anilines is 1. The molecule has 6 aliphatic rings. The Morgan fingerprint density at radius 1 is 0.906 bits per heavy atom. The van der Waals surface area contributed by atoms with Crippen molar-refractivity contribution in [2.75, 3.05) is 4.90 Å². The minimum atomic E-state index is 0.315. The van der Waals surface area contributed by atoms with Crippen LogP contribution in [0.3, 0.4) is 0 Å². The summed E-state index contributed by atoms with van der Waals surface area (Å²) in [4.78, 5) is 2.65. The fourth-order valence-electron chi connectivity index (χ4n) is 6.61. The second kappa shape index (κ2) is 7.27. The van der Waals surface area contributed by atoms with Crippen LogP contribution in [-0.4, -0.2) is 18.2 Å². The Morgan fingerprint density at radius 2 is 1.88 bits per heavy atom. The van der Waals surface area contributed by atoms with Crippen LogP contribution in [0.5, 0.6) is 0 Å². The van der Waals surface area contributed by atoms with Crippen LogP contribution in [0.2, 0.25) is 0 Å². The average molecular weight is 420 g/mol. The number of rotatable bonds is 2. The molecule has 2 aliphatic heterocycles. The number of benzene rings is 1.